The van der Waals surface area contributed by atoms with Gasteiger partial charge in [0.05, 0.1) is 17.8 Å². The van der Waals surface area contributed by atoms with Crippen molar-refractivity contribution in [2.24, 2.45) is 29.1 Å². The summed E-state index contributed by atoms with van der Waals surface area (Å²) in [5.74, 6) is 2.69. The van der Waals surface area contributed by atoms with E-state index in [1.165, 1.54) is 32.1 Å². The highest BCUT2D eigenvalue weighted by Gasteiger charge is 2.51. The Morgan fingerprint density at radius 1 is 1.13 bits per heavy atom. The smallest absolute Gasteiger partial charge is 0.0809 e. The molecule has 3 N–H and O–H groups in total. The van der Waals surface area contributed by atoms with E-state index >= 15 is 0 Å². The van der Waals surface area contributed by atoms with Crippen molar-refractivity contribution in [1.29, 1.82) is 0 Å². The maximum absolute atomic E-state index is 10.2. The third-order valence-electron chi connectivity index (χ3n) is 9.08. The molecular weight excluding hydrogens is 384 g/mol. The zero-order valence-corrected chi connectivity index (χ0v) is 20.5. The first-order valence-corrected chi connectivity index (χ1v) is 12.6. The van der Waals surface area contributed by atoms with Gasteiger partial charge in [-0.25, -0.2) is 0 Å². The molecule has 3 nitrogen and oxygen atoms in total. The quantitative estimate of drug-likeness (QED) is 0.456. The Morgan fingerprint density at radius 2 is 1.77 bits per heavy atom. The van der Waals surface area contributed by atoms with Crippen LogP contribution in [0.5, 0.6) is 0 Å². The summed E-state index contributed by atoms with van der Waals surface area (Å²) >= 11 is 0. The van der Waals surface area contributed by atoms with Gasteiger partial charge in [0.15, 0.2) is 0 Å². The van der Waals surface area contributed by atoms with Crippen molar-refractivity contribution in [1.82, 2.24) is 0 Å². The predicted molar refractivity (Wildman–Crippen MR) is 129 cm³/mol. The molecule has 2 unspecified atom stereocenters. The van der Waals surface area contributed by atoms with Gasteiger partial charge < -0.3 is 15.3 Å². The number of allylic oxidation sites excluding steroid dienone is 3. The van der Waals surface area contributed by atoms with Crippen LogP contribution < -0.4 is 0 Å². The third kappa shape index (κ3) is 5.54. The summed E-state index contributed by atoms with van der Waals surface area (Å²) in [6.45, 7) is 15.0. The topological polar surface area (TPSA) is 60.7 Å². The van der Waals surface area contributed by atoms with Gasteiger partial charge in [-0.2, -0.15) is 0 Å². The minimum absolute atomic E-state index is 0.366. The van der Waals surface area contributed by atoms with Crippen LogP contribution in [0.25, 0.3) is 0 Å². The van der Waals surface area contributed by atoms with Gasteiger partial charge in [-0.15, -0.1) is 0 Å². The number of fused-ring (bicyclic) bond motifs is 1. The molecule has 3 saturated carbocycles. The summed E-state index contributed by atoms with van der Waals surface area (Å²) < 4.78 is 0. The zero-order chi connectivity index (χ0) is 23.0. The Morgan fingerprint density at radius 3 is 2.39 bits per heavy atom. The van der Waals surface area contributed by atoms with E-state index in [0.717, 1.165) is 24.3 Å². The molecule has 3 fully saturated rings. The maximum Gasteiger partial charge on any atom is 0.0809 e. The Labute approximate surface area is 190 Å². The normalized spacial score (nSPS) is 37.6. The first-order chi connectivity index (χ1) is 14.4. The van der Waals surface area contributed by atoms with Crippen molar-refractivity contribution >= 4 is 0 Å². The molecule has 3 heteroatoms. The fourth-order valence-corrected chi connectivity index (χ4v) is 6.81. The molecule has 0 aromatic carbocycles. The Bertz CT molecular complexity index is 696. The van der Waals surface area contributed by atoms with Gasteiger partial charge in [-0.3, -0.25) is 0 Å². The molecular formula is C28H46O3. The van der Waals surface area contributed by atoms with Gasteiger partial charge in [-0.1, -0.05) is 50.6 Å². The number of hydrogen-bond acceptors (Lipinski definition) is 3. The van der Waals surface area contributed by atoms with Gasteiger partial charge >= 0.3 is 0 Å². The molecule has 0 bridgehead atoms. The van der Waals surface area contributed by atoms with E-state index < -0.39 is 17.8 Å². The number of aliphatic hydroxyl groups is 3. The molecule has 0 aromatic heterocycles. The molecule has 3 rings (SSSR count). The summed E-state index contributed by atoms with van der Waals surface area (Å²) in [6.07, 6.45) is 12.8. The first kappa shape index (κ1) is 24.7. The average molecular weight is 431 g/mol. The molecule has 0 aliphatic heterocycles. The van der Waals surface area contributed by atoms with Crippen LogP contribution >= 0.6 is 0 Å². The second-order valence-corrected chi connectivity index (χ2v) is 11.9. The fraction of sp³-hybridized carbons (Fsp3) is 0.786. The molecule has 31 heavy (non-hydrogen) atoms. The van der Waals surface area contributed by atoms with Crippen LogP contribution in [0, 0.1) is 29.1 Å². The lowest BCUT2D eigenvalue weighted by Gasteiger charge is -2.45. The molecule has 0 saturated heterocycles. The summed E-state index contributed by atoms with van der Waals surface area (Å²) in [5, 5.41) is 30.5. The maximum atomic E-state index is 10.2. The first-order valence-electron chi connectivity index (χ1n) is 12.6. The third-order valence-corrected chi connectivity index (χ3v) is 9.08. The van der Waals surface area contributed by atoms with Gasteiger partial charge in [-0.05, 0) is 106 Å². The SMILES string of the molecule is C=C1[C@H](O)CC(=CC=C2CCC[C@@]3(C)C2CCC3[C@@H](C)[C@@H](C)CCC(C)(C)O)C[C@H]1O. The van der Waals surface area contributed by atoms with Crippen LogP contribution in [0.15, 0.2) is 35.5 Å². The second kappa shape index (κ2) is 9.53. The van der Waals surface area contributed by atoms with Crippen LogP contribution in [0.2, 0.25) is 0 Å². The van der Waals surface area contributed by atoms with Gasteiger partial charge in [0.25, 0.3) is 0 Å². The van der Waals surface area contributed by atoms with Crippen molar-refractivity contribution in [3.05, 3.63) is 35.5 Å². The van der Waals surface area contributed by atoms with Crippen LogP contribution in [0.4, 0.5) is 0 Å². The Kier molecular flexibility index (Phi) is 7.61. The lowest BCUT2D eigenvalue weighted by Crippen LogP contribution is -2.37. The Hall–Kier alpha value is -0.900. The molecule has 0 radical (unpaired) electrons. The highest BCUT2D eigenvalue weighted by molar-refractivity contribution is 5.29. The highest BCUT2D eigenvalue weighted by Crippen LogP contribution is 2.60. The molecule has 3 aliphatic rings. The van der Waals surface area contributed by atoms with Crippen LogP contribution in [-0.4, -0.2) is 33.1 Å². The van der Waals surface area contributed by atoms with E-state index in [1.807, 2.05) is 13.8 Å². The summed E-state index contributed by atoms with van der Waals surface area (Å²) in [4.78, 5) is 0. The van der Waals surface area contributed by atoms with E-state index in [2.05, 4.69) is 39.5 Å². The van der Waals surface area contributed by atoms with Crippen LogP contribution in [0.1, 0.15) is 92.4 Å². The van der Waals surface area contributed by atoms with Crippen LogP contribution in [-0.2, 0) is 0 Å². The van der Waals surface area contributed by atoms with Crippen molar-refractivity contribution in [2.45, 2.75) is 110 Å². The highest BCUT2D eigenvalue weighted by atomic mass is 16.3. The van der Waals surface area contributed by atoms with Gasteiger partial charge in [0, 0.05) is 0 Å². The molecule has 0 amide bonds. The van der Waals surface area contributed by atoms with Crippen molar-refractivity contribution in [3.8, 4) is 0 Å². The minimum atomic E-state index is -0.618. The fourth-order valence-electron chi connectivity index (χ4n) is 6.81. The van der Waals surface area contributed by atoms with Gasteiger partial charge in [0.2, 0.25) is 0 Å². The summed E-state index contributed by atoms with van der Waals surface area (Å²) in [7, 11) is 0. The van der Waals surface area contributed by atoms with Crippen molar-refractivity contribution < 1.29 is 15.3 Å². The average Bonchev–Trinajstić information content (AvgIpc) is 3.04. The van der Waals surface area contributed by atoms with E-state index in [4.69, 9.17) is 0 Å². The summed E-state index contributed by atoms with van der Waals surface area (Å²) in [6, 6.07) is 0. The minimum Gasteiger partial charge on any atom is -0.390 e. The number of hydrogen-bond donors (Lipinski definition) is 3. The second-order valence-electron chi connectivity index (χ2n) is 11.9. The zero-order valence-electron chi connectivity index (χ0n) is 20.5. The van der Waals surface area contributed by atoms with E-state index in [-0.39, 0.29) is 0 Å². The Balaban J connectivity index is 1.71. The number of aliphatic hydroxyl groups excluding tert-OH is 2. The van der Waals surface area contributed by atoms with E-state index in [9.17, 15) is 15.3 Å². The molecule has 7 atom stereocenters. The lowest BCUT2D eigenvalue weighted by atomic mass is 9.59. The lowest BCUT2D eigenvalue weighted by molar-refractivity contribution is 0.0447. The van der Waals surface area contributed by atoms with Crippen molar-refractivity contribution in [2.75, 3.05) is 0 Å². The largest absolute Gasteiger partial charge is 0.390 e. The molecule has 0 aromatic rings. The van der Waals surface area contributed by atoms with Crippen LogP contribution in [0.3, 0.4) is 0 Å². The molecule has 3 aliphatic carbocycles. The number of rotatable bonds is 6. The molecule has 0 spiro atoms. The van der Waals surface area contributed by atoms with E-state index in [0.29, 0.717) is 41.6 Å². The molecule has 176 valence electrons. The molecule has 0 heterocycles. The van der Waals surface area contributed by atoms with E-state index in [1.54, 1.807) is 5.57 Å². The van der Waals surface area contributed by atoms with Gasteiger partial charge in [0.1, 0.15) is 0 Å². The monoisotopic (exact) mass is 430 g/mol. The van der Waals surface area contributed by atoms with Crippen molar-refractivity contribution in [3.63, 3.8) is 0 Å². The summed E-state index contributed by atoms with van der Waals surface area (Å²) in [5.41, 5.74) is 3.06. The predicted octanol–water partition coefficient (Wildman–Crippen LogP) is 5.95. The standard InChI is InChI=1S/C28H46O3/c1-18(13-15-27(4,5)31)19(2)23-11-12-24-22(8-7-14-28(23,24)6)10-9-21-16-25(29)20(3)26(30)17-21/h9-10,18-19,23-26,29-31H,3,7-8,11-17H2,1-2,4-6H3/t18-,19-,23?,24?,25+,26+,28+/m0/s1.